The molecule has 0 saturated carbocycles. The minimum atomic E-state index is -3.76. The molecule has 1 aromatic heterocycles. The van der Waals surface area contributed by atoms with Crippen LogP contribution in [0.5, 0.6) is 5.75 Å². The average Bonchev–Trinajstić information content (AvgIpc) is 2.39. The van der Waals surface area contributed by atoms with Crippen LogP contribution in [-0.4, -0.2) is 16.3 Å². The van der Waals surface area contributed by atoms with Crippen LogP contribution >= 0.6 is 11.6 Å². The summed E-state index contributed by atoms with van der Waals surface area (Å²) >= 11 is 4.66. The number of nitrogens with zero attached hydrogens (tertiary/aromatic N) is 2. The summed E-state index contributed by atoms with van der Waals surface area (Å²) in [6.45, 7) is 1.69. The van der Waals surface area contributed by atoms with Crippen molar-refractivity contribution in [2.24, 2.45) is 4.99 Å². The van der Waals surface area contributed by atoms with Crippen LogP contribution in [0.2, 0.25) is 0 Å². The number of alkyl halides is 3. The van der Waals surface area contributed by atoms with Crippen LogP contribution in [0.15, 0.2) is 47.7 Å². The van der Waals surface area contributed by atoms with Gasteiger partial charge in [0.1, 0.15) is 11.6 Å². The quantitative estimate of drug-likeness (QED) is 0.614. The third kappa shape index (κ3) is 4.75. The Bertz CT molecular complexity index is 654. The van der Waals surface area contributed by atoms with Crippen LogP contribution in [0.3, 0.4) is 0 Å². The maximum atomic E-state index is 13.1. The highest BCUT2D eigenvalue weighted by Crippen LogP contribution is 2.26. The first-order valence-corrected chi connectivity index (χ1v) is 6.23. The summed E-state index contributed by atoms with van der Waals surface area (Å²) in [7, 11) is 0. The van der Waals surface area contributed by atoms with E-state index in [0.29, 0.717) is 17.0 Å². The molecule has 21 heavy (non-hydrogen) atoms. The molecule has 1 aromatic carbocycles. The smallest absolute Gasteiger partial charge is 0.420 e. The van der Waals surface area contributed by atoms with Crippen LogP contribution < -0.4 is 4.74 Å². The zero-order valence-corrected chi connectivity index (χ0v) is 11.6. The van der Waals surface area contributed by atoms with Gasteiger partial charge in [0.2, 0.25) is 0 Å². The summed E-state index contributed by atoms with van der Waals surface area (Å²) in [6.07, 6.45) is 2.57. The summed E-state index contributed by atoms with van der Waals surface area (Å²) in [5.41, 5.74) is -2.18. The van der Waals surface area contributed by atoms with Crippen LogP contribution in [0.25, 0.3) is 0 Å². The maximum absolute atomic E-state index is 13.1. The van der Waals surface area contributed by atoms with Crippen molar-refractivity contribution in [2.75, 3.05) is 0 Å². The van der Waals surface area contributed by atoms with Crippen LogP contribution in [0.1, 0.15) is 12.5 Å². The van der Waals surface area contributed by atoms with Gasteiger partial charge in [0.15, 0.2) is 0 Å². The number of benzene rings is 1. The zero-order chi connectivity index (χ0) is 15.5. The molecule has 0 unspecified atom stereocenters. The van der Waals surface area contributed by atoms with E-state index >= 15 is 0 Å². The van der Waals surface area contributed by atoms with E-state index in [1.807, 2.05) is 0 Å². The first-order valence-electron chi connectivity index (χ1n) is 5.85. The number of ether oxygens (including phenoxy) is 1. The first kappa shape index (κ1) is 15.3. The highest BCUT2D eigenvalue weighted by Gasteiger charge is 2.27. The van der Waals surface area contributed by atoms with Crippen molar-refractivity contribution in [1.29, 1.82) is 0 Å². The molecule has 0 spiro atoms. The number of aromatic nitrogens is 1. The third-order valence-electron chi connectivity index (χ3n) is 2.49. The number of hydrogen-bond donors (Lipinski definition) is 0. The van der Waals surface area contributed by atoms with Gasteiger partial charge in [0.25, 0.3) is 0 Å². The molecule has 3 nitrogen and oxygen atoms in total. The van der Waals surface area contributed by atoms with Gasteiger partial charge in [0.05, 0.1) is 11.9 Å². The molecule has 0 aliphatic carbocycles. The Labute approximate surface area is 124 Å². The Morgan fingerprint density at radius 3 is 2.48 bits per heavy atom. The first-order chi connectivity index (χ1) is 9.83. The number of aliphatic imine (C=N–C) groups is 1. The van der Waals surface area contributed by atoms with Gasteiger partial charge in [-0.05, 0) is 37.3 Å². The average molecular weight is 315 g/mol. The second-order valence-electron chi connectivity index (χ2n) is 4.13. The molecule has 2 rings (SSSR count). The lowest BCUT2D eigenvalue weighted by Gasteiger charge is -2.10. The van der Waals surface area contributed by atoms with Crippen molar-refractivity contribution in [3.8, 4) is 5.75 Å². The SMILES string of the molecule is CC(=Nc1ccc(OC(F)(F)Cl)cc1)c1cncc(F)c1. The van der Waals surface area contributed by atoms with Gasteiger partial charge >= 0.3 is 5.57 Å². The molecule has 0 bridgehead atoms. The third-order valence-corrected chi connectivity index (χ3v) is 2.57. The standard InChI is InChI=1S/C14H10ClF3N2O/c1-9(10-6-11(16)8-19-7-10)20-12-2-4-13(5-3-12)21-14(15,17)18/h2-8H,1H3. The largest absolute Gasteiger partial charge is 0.487 e. The number of rotatable bonds is 4. The van der Waals surface area contributed by atoms with Gasteiger partial charge in [-0.1, -0.05) is 0 Å². The Morgan fingerprint density at radius 1 is 1.24 bits per heavy atom. The minimum absolute atomic E-state index is 0.0842. The van der Waals surface area contributed by atoms with E-state index in [1.54, 1.807) is 6.92 Å². The Kier molecular flexibility index (Phi) is 4.47. The number of halogens is 4. The van der Waals surface area contributed by atoms with E-state index in [2.05, 4.69) is 26.3 Å². The van der Waals surface area contributed by atoms with Gasteiger partial charge < -0.3 is 4.74 Å². The van der Waals surface area contributed by atoms with Crippen LogP contribution in [0, 0.1) is 5.82 Å². The fourth-order valence-electron chi connectivity index (χ4n) is 1.59. The van der Waals surface area contributed by atoms with E-state index in [-0.39, 0.29) is 5.75 Å². The summed E-state index contributed by atoms with van der Waals surface area (Å²) < 4.78 is 42.1. The highest BCUT2D eigenvalue weighted by molar-refractivity contribution is 6.20. The van der Waals surface area contributed by atoms with E-state index in [9.17, 15) is 13.2 Å². The summed E-state index contributed by atoms with van der Waals surface area (Å²) in [4.78, 5) is 7.97. The van der Waals surface area contributed by atoms with Crippen molar-refractivity contribution in [2.45, 2.75) is 12.5 Å². The molecule has 0 saturated heterocycles. The normalized spacial score (nSPS) is 12.3. The van der Waals surface area contributed by atoms with Gasteiger partial charge in [-0.15, -0.1) is 8.78 Å². The molecule has 0 aliphatic rings. The predicted octanol–water partition coefficient (Wildman–Crippen LogP) is 4.53. The molecule has 7 heteroatoms. The summed E-state index contributed by atoms with van der Waals surface area (Å²) in [5, 5.41) is 0. The summed E-state index contributed by atoms with van der Waals surface area (Å²) in [5.74, 6) is -0.547. The second kappa shape index (κ2) is 6.13. The van der Waals surface area contributed by atoms with E-state index in [1.165, 1.54) is 36.5 Å². The van der Waals surface area contributed by atoms with Crippen LogP contribution in [-0.2, 0) is 0 Å². The minimum Gasteiger partial charge on any atom is -0.420 e. The molecule has 0 N–H and O–H groups in total. The molecule has 0 aliphatic heterocycles. The molecular formula is C14H10ClF3N2O. The van der Waals surface area contributed by atoms with E-state index in [4.69, 9.17) is 0 Å². The lowest BCUT2D eigenvalue weighted by molar-refractivity contribution is -0.0964. The Hall–Kier alpha value is -2.08. The van der Waals surface area contributed by atoms with Gasteiger partial charge in [-0.25, -0.2) is 4.39 Å². The fourth-order valence-corrected chi connectivity index (χ4v) is 1.68. The van der Waals surface area contributed by atoms with Crippen molar-refractivity contribution in [1.82, 2.24) is 4.98 Å². The van der Waals surface area contributed by atoms with Gasteiger partial charge in [-0.3, -0.25) is 9.98 Å². The fraction of sp³-hybridized carbons (Fsp3) is 0.143. The van der Waals surface area contributed by atoms with E-state index < -0.39 is 11.4 Å². The molecule has 1 heterocycles. The topological polar surface area (TPSA) is 34.5 Å². The molecule has 0 fully saturated rings. The molecular weight excluding hydrogens is 305 g/mol. The van der Waals surface area contributed by atoms with Crippen molar-refractivity contribution in [3.63, 3.8) is 0 Å². The lowest BCUT2D eigenvalue weighted by Crippen LogP contribution is -2.15. The highest BCUT2D eigenvalue weighted by atomic mass is 35.5. The number of pyridine rings is 1. The molecule has 0 radical (unpaired) electrons. The summed E-state index contributed by atoms with van der Waals surface area (Å²) in [6, 6.07) is 6.89. The number of hydrogen-bond acceptors (Lipinski definition) is 3. The predicted molar refractivity (Wildman–Crippen MR) is 73.9 cm³/mol. The van der Waals surface area contributed by atoms with Gasteiger partial charge in [0, 0.05) is 29.1 Å². The Balaban J connectivity index is 2.17. The molecule has 2 aromatic rings. The van der Waals surface area contributed by atoms with Crippen molar-refractivity contribution in [3.05, 3.63) is 54.1 Å². The Morgan fingerprint density at radius 2 is 1.90 bits per heavy atom. The van der Waals surface area contributed by atoms with Crippen molar-refractivity contribution < 1.29 is 17.9 Å². The monoisotopic (exact) mass is 314 g/mol. The zero-order valence-electron chi connectivity index (χ0n) is 10.9. The van der Waals surface area contributed by atoms with Crippen molar-refractivity contribution >= 4 is 23.0 Å². The maximum Gasteiger partial charge on any atom is 0.487 e. The van der Waals surface area contributed by atoms with Crippen LogP contribution in [0.4, 0.5) is 18.9 Å². The van der Waals surface area contributed by atoms with Gasteiger partial charge in [-0.2, -0.15) is 0 Å². The second-order valence-corrected chi connectivity index (χ2v) is 4.57. The van der Waals surface area contributed by atoms with E-state index in [0.717, 1.165) is 6.20 Å². The molecule has 0 atom stereocenters. The molecule has 110 valence electrons. The molecule has 0 amide bonds. The lowest BCUT2D eigenvalue weighted by atomic mass is 10.2.